The van der Waals surface area contributed by atoms with E-state index in [0.717, 1.165) is 19.6 Å². The molecule has 2 aliphatic rings. The van der Waals surface area contributed by atoms with Gasteiger partial charge in [-0.15, -0.1) is 0 Å². The minimum absolute atomic E-state index is 0.0395. The van der Waals surface area contributed by atoms with E-state index in [4.69, 9.17) is 0 Å². The first-order valence-corrected chi connectivity index (χ1v) is 19.6. The number of benzene rings is 4. The van der Waals surface area contributed by atoms with Gasteiger partial charge >= 0.3 is 0 Å². The lowest BCUT2D eigenvalue weighted by Crippen LogP contribution is -2.27. The second-order valence-electron chi connectivity index (χ2n) is 15.7. The van der Waals surface area contributed by atoms with Crippen molar-refractivity contribution in [3.8, 4) is 0 Å². The third kappa shape index (κ3) is 6.24. The fourth-order valence-electron chi connectivity index (χ4n) is 8.95. The number of fused-ring (bicyclic) bond motifs is 5. The van der Waals surface area contributed by atoms with E-state index in [2.05, 4.69) is 171 Å². The predicted octanol–water partition coefficient (Wildman–Crippen LogP) is 12.4. The molecule has 262 valence electrons. The Morgan fingerprint density at radius 3 is 1.45 bits per heavy atom. The van der Waals surface area contributed by atoms with Crippen molar-refractivity contribution in [2.45, 2.75) is 104 Å². The van der Waals surface area contributed by atoms with E-state index in [1.165, 1.54) is 105 Å². The molecule has 3 heteroatoms. The summed E-state index contributed by atoms with van der Waals surface area (Å²) in [5.41, 5.74) is 13.3. The van der Waals surface area contributed by atoms with Gasteiger partial charge in [0.2, 0.25) is 11.4 Å². The van der Waals surface area contributed by atoms with Gasteiger partial charge in [-0.1, -0.05) is 87.6 Å². The molecule has 0 aliphatic carbocycles. The van der Waals surface area contributed by atoms with Crippen molar-refractivity contribution in [3.05, 3.63) is 119 Å². The number of nitrogens with zero attached hydrogens (tertiary/aromatic N) is 3. The quantitative estimate of drug-likeness (QED) is 0.0869. The molecule has 51 heavy (non-hydrogen) atoms. The summed E-state index contributed by atoms with van der Waals surface area (Å²) < 4.78 is 7.55. The molecule has 0 fully saturated rings. The molecule has 0 saturated carbocycles. The van der Waals surface area contributed by atoms with Crippen molar-refractivity contribution in [1.82, 2.24) is 4.57 Å². The molecule has 0 bridgehead atoms. The van der Waals surface area contributed by atoms with Crippen LogP contribution in [0, 0.1) is 0 Å². The van der Waals surface area contributed by atoms with Crippen LogP contribution in [0.4, 0.5) is 11.4 Å². The molecule has 0 saturated heterocycles. The second kappa shape index (κ2) is 14.3. The lowest BCUT2D eigenvalue weighted by molar-refractivity contribution is -0.433. The first-order valence-electron chi connectivity index (χ1n) is 19.6. The zero-order valence-electron chi connectivity index (χ0n) is 32.1. The maximum absolute atomic E-state index is 2.58. The van der Waals surface area contributed by atoms with Gasteiger partial charge in [-0.05, 0) is 95.5 Å². The summed E-state index contributed by atoms with van der Waals surface area (Å²) in [5, 5.41) is 2.69. The van der Waals surface area contributed by atoms with Crippen LogP contribution in [0.1, 0.15) is 109 Å². The van der Waals surface area contributed by atoms with Gasteiger partial charge in [0.1, 0.15) is 13.1 Å². The van der Waals surface area contributed by atoms with Crippen molar-refractivity contribution in [1.29, 1.82) is 0 Å². The Morgan fingerprint density at radius 2 is 0.980 bits per heavy atom. The van der Waals surface area contributed by atoms with Crippen LogP contribution >= 0.6 is 0 Å². The molecule has 0 atom stereocenters. The fourth-order valence-corrected chi connectivity index (χ4v) is 8.95. The molecule has 4 aromatic carbocycles. The highest BCUT2D eigenvalue weighted by atomic mass is 15.1. The van der Waals surface area contributed by atoms with Crippen LogP contribution in [0.5, 0.6) is 0 Å². The van der Waals surface area contributed by atoms with E-state index < -0.39 is 0 Å². The number of rotatable bonds is 13. The summed E-state index contributed by atoms with van der Waals surface area (Å²) in [6, 6.07) is 32.0. The SMILES string of the molecule is CCCCCCCCn1c2ccc(/C=C/C3=[N+](CC)c4ccccc4C3(C)C)cc2c2cc(/C=C/C3=[N+](CC)c4ccccc4C3(C)C)ccc21. The van der Waals surface area contributed by atoms with E-state index >= 15 is 0 Å². The Morgan fingerprint density at radius 1 is 0.529 bits per heavy atom. The summed E-state index contributed by atoms with van der Waals surface area (Å²) in [6.07, 6.45) is 17.2. The van der Waals surface area contributed by atoms with Gasteiger partial charge in [-0.25, -0.2) is 0 Å². The van der Waals surface area contributed by atoms with Gasteiger partial charge < -0.3 is 4.57 Å². The Labute approximate surface area is 306 Å². The highest BCUT2D eigenvalue weighted by molar-refractivity contribution is 6.11. The number of aromatic nitrogens is 1. The van der Waals surface area contributed by atoms with Gasteiger partial charge in [0.15, 0.2) is 11.4 Å². The van der Waals surface area contributed by atoms with Crippen LogP contribution < -0.4 is 0 Å². The molecule has 0 N–H and O–H groups in total. The maximum atomic E-state index is 2.58. The fraction of sp³-hybridized carbons (Fsp3) is 0.375. The summed E-state index contributed by atoms with van der Waals surface area (Å²) in [7, 11) is 0. The molecule has 0 amide bonds. The summed E-state index contributed by atoms with van der Waals surface area (Å²) in [5.74, 6) is 0. The normalized spacial score (nSPS) is 16.5. The number of allylic oxidation sites excluding steroid dienone is 2. The van der Waals surface area contributed by atoms with E-state index in [1.54, 1.807) is 0 Å². The van der Waals surface area contributed by atoms with Crippen molar-refractivity contribution in [2.75, 3.05) is 13.1 Å². The van der Waals surface area contributed by atoms with Gasteiger partial charge in [0.05, 0.1) is 10.8 Å². The second-order valence-corrected chi connectivity index (χ2v) is 15.7. The zero-order chi connectivity index (χ0) is 35.8. The third-order valence-electron chi connectivity index (χ3n) is 11.7. The number of hydrogen-bond acceptors (Lipinski definition) is 0. The first kappa shape index (κ1) is 34.9. The Bertz CT molecular complexity index is 2070. The molecule has 0 unspecified atom stereocenters. The molecular formula is C48H57N3+2. The van der Waals surface area contributed by atoms with Crippen LogP contribution in [0.3, 0.4) is 0 Å². The summed E-state index contributed by atoms with van der Waals surface area (Å²) in [6.45, 7) is 19.2. The summed E-state index contributed by atoms with van der Waals surface area (Å²) in [4.78, 5) is 0. The molecule has 0 spiro atoms. The molecule has 2 aliphatic heterocycles. The summed E-state index contributed by atoms with van der Waals surface area (Å²) >= 11 is 0. The van der Waals surface area contributed by atoms with E-state index in [9.17, 15) is 0 Å². The Balaban J connectivity index is 1.27. The monoisotopic (exact) mass is 675 g/mol. The average Bonchev–Trinajstić information content (AvgIpc) is 3.65. The average molecular weight is 676 g/mol. The van der Waals surface area contributed by atoms with Crippen LogP contribution in [0.15, 0.2) is 97.1 Å². The van der Waals surface area contributed by atoms with Crippen LogP contribution in [-0.2, 0) is 17.4 Å². The molecule has 3 nitrogen and oxygen atoms in total. The lowest BCUT2D eigenvalue weighted by atomic mass is 9.81. The van der Waals surface area contributed by atoms with Crippen LogP contribution in [0.25, 0.3) is 34.0 Å². The molecule has 5 aromatic rings. The van der Waals surface area contributed by atoms with Gasteiger partial charge in [-0.3, -0.25) is 0 Å². The number of para-hydroxylation sites is 2. The minimum Gasteiger partial charge on any atom is -0.340 e. The molecule has 3 heterocycles. The van der Waals surface area contributed by atoms with Crippen molar-refractivity contribution in [3.63, 3.8) is 0 Å². The molecule has 1 aromatic heterocycles. The Kier molecular flexibility index (Phi) is 9.76. The number of unbranched alkanes of at least 4 members (excludes halogenated alkanes) is 5. The smallest absolute Gasteiger partial charge is 0.209 e. The Hall–Kier alpha value is -4.50. The third-order valence-corrected chi connectivity index (χ3v) is 11.7. The van der Waals surface area contributed by atoms with Crippen molar-refractivity contribution >= 4 is 56.8 Å². The van der Waals surface area contributed by atoms with Crippen LogP contribution in [-0.4, -0.2) is 38.2 Å². The van der Waals surface area contributed by atoms with E-state index in [0.29, 0.717) is 0 Å². The highest BCUT2D eigenvalue weighted by Crippen LogP contribution is 2.41. The van der Waals surface area contributed by atoms with Crippen molar-refractivity contribution in [2.24, 2.45) is 0 Å². The standard InChI is InChI=1S/C48H57N3/c1-8-11-12-13-14-19-32-51-41-28-24-35(26-30-45-47(4,5)39-20-15-17-22-43(39)49(45)9-2)33-37(41)38-34-36(25-29-42(38)51)27-31-46-48(6,7)40-21-16-18-23-44(40)50(46)10-3/h15-18,20-31,33-34H,8-14,19,32H2,1-7H3/q+2. The number of hydrogen-bond donors (Lipinski definition) is 0. The highest BCUT2D eigenvalue weighted by Gasteiger charge is 2.44. The van der Waals surface area contributed by atoms with Gasteiger partial charge in [0, 0.05) is 63.8 Å². The number of aryl methyl sites for hydroxylation is 1. The van der Waals surface area contributed by atoms with E-state index in [-0.39, 0.29) is 10.8 Å². The molecule has 0 radical (unpaired) electrons. The first-order chi connectivity index (χ1) is 24.7. The zero-order valence-corrected chi connectivity index (χ0v) is 32.1. The van der Waals surface area contributed by atoms with Crippen LogP contribution in [0.2, 0.25) is 0 Å². The largest absolute Gasteiger partial charge is 0.340 e. The lowest BCUT2D eigenvalue weighted by Gasteiger charge is -2.15. The van der Waals surface area contributed by atoms with Gasteiger partial charge in [0.25, 0.3) is 0 Å². The molecule has 7 rings (SSSR count). The van der Waals surface area contributed by atoms with Crippen molar-refractivity contribution < 1.29 is 9.15 Å². The molecular weight excluding hydrogens is 619 g/mol. The predicted molar refractivity (Wildman–Crippen MR) is 221 cm³/mol. The minimum atomic E-state index is -0.0395. The topological polar surface area (TPSA) is 10.9 Å². The van der Waals surface area contributed by atoms with Gasteiger partial charge in [-0.2, -0.15) is 9.15 Å². The van der Waals surface area contributed by atoms with E-state index in [1.807, 2.05) is 0 Å². The maximum Gasteiger partial charge on any atom is 0.209 e.